The number of halogens is 1. The van der Waals surface area contributed by atoms with Gasteiger partial charge in [-0.25, -0.2) is 9.40 Å². The van der Waals surface area contributed by atoms with Crippen molar-refractivity contribution in [2.45, 2.75) is 23.9 Å². The van der Waals surface area contributed by atoms with Crippen LogP contribution in [0.15, 0.2) is 107 Å². The first-order valence-corrected chi connectivity index (χ1v) is 14.5. The molecule has 0 unspecified atom stereocenters. The number of rotatable bonds is 8. The highest BCUT2D eigenvalue weighted by atomic mass is 32.2. The van der Waals surface area contributed by atoms with Gasteiger partial charge in [-0.2, -0.15) is 5.10 Å². The number of thiophene rings is 1. The maximum atomic E-state index is 13.8. The van der Waals surface area contributed by atoms with E-state index in [2.05, 4.69) is 22.9 Å². The number of fused-ring (bicyclic) bond motifs is 1. The van der Waals surface area contributed by atoms with E-state index in [0.717, 1.165) is 43.3 Å². The van der Waals surface area contributed by atoms with Crippen LogP contribution in [0.5, 0.6) is 5.75 Å². The van der Waals surface area contributed by atoms with Crippen LogP contribution in [0.25, 0.3) is 10.9 Å². The summed E-state index contributed by atoms with van der Waals surface area (Å²) >= 11 is 3.14. The average molecular weight is 556 g/mol. The Bertz CT molecular complexity index is 1640. The standard InChI is InChI=1S/C31H26FN3O2S2/c1-37-24-13-11-22(12-14-24)28-17-26(29-10-5-15-38-29)33-35(28)31(36)20-39-30-19-34(27-9-3-2-8-25(27)30)18-21-6-4-7-23(32)16-21/h2-16,19,28H,17-18,20H2,1H3/t28-/m1/s1. The van der Waals surface area contributed by atoms with Crippen LogP contribution in [-0.2, 0) is 11.3 Å². The summed E-state index contributed by atoms with van der Waals surface area (Å²) in [6, 6.07) is 26.5. The Morgan fingerprint density at radius 3 is 2.69 bits per heavy atom. The lowest BCUT2D eigenvalue weighted by molar-refractivity contribution is -0.130. The van der Waals surface area contributed by atoms with Crippen molar-refractivity contribution >= 4 is 45.6 Å². The van der Waals surface area contributed by atoms with Gasteiger partial charge in [-0.1, -0.05) is 48.5 Å². The quantitative estimate of drug-likeness (QED) is 0.188. The van der Waals surface area contributed by atoms with E-state index in [1.165, 1.54) is 17.8 Å². The topological polar surface area (TPSA) is 46.8 Å². The molecule has 0 fully saturated rings. The number of carbonyl (C=O) groups excluding carboxylic acids is 1. The first-order valence-electron chi connectivity index (χ1n) is 12.6. The number of thioether (sulfide) groups is 1. The molecule has 8 heteroatoms. The fraction of sp³-hybridized carbons (Fsp3) is 0.161. The second-order valence-electron chi connectivity index (χ2n) is 9.31. The molecule has 0 spiro atoms. The minimum absolute atomic E-state index is 0.0469. The first kappa shape index (κ1) is 25.4. The Kier molecular flexibility index (Phi) is 7.22. The molecule has 1 aliphatic rings. The van der Waals surface area contributed by atoms with Gasteiger partial charge >= 0.3 is 0 Å². The van der Waals surface area contributed by atoms with Gasteiger partial charge in [-0.15, -0.1) is 23.1 Å². The van der Waals surface area contributed by atoms with Gasteiger partial charge in [0.1, 0.15) is 11.6 Å². The van der Waals surface area contributed by atoms with Crippen LogP contribution in [0.2, 0.25) is 0 Å². The molecule has 5 nitrogen and oxygen atoms in total. The van der Waals surface area contributed by atoms with E-state index >= 15 is 0 Å². The van der Waals surface area contributed by atoms with Crippen LogP contribution >= 0.6 is 23.1 Å². The smallest absolute Gasteiger partial charge is 0.253 e. The lowest BCUT2D eigenvalue weighted by Crippen LogP contribution is -2.28. The summed E-state index contributed by atoms with van der Waals surface area (Å²) in [5.41, 5.74) is 3.89. The Morgan fingerprint density at radius 1 is 1.08 bits per heavy atom. The SMILES string of the molecule is COc1ccc([C@H]2CC(c3cccs3)=NN2C(=O)CSc2cn(Cc3cccc(F)c3)c3ccccc23)cc1. The molecule has 6 rings (SSSR count). The van der Waals surface area contributed by atoms with Crippen LogP contribution < -0.4 is 4.74 Å². The van der Waals surface area contributed by atoms with Gasteiger partial charge < -0.3 is 9.30 Å². The van der Waals surface area contributed by atoms with Crippen molar-refractivity contribution < 1.29 is 13.9 Å². The molecular formula is C31H26FN3O2S2. The Labute approximate surface area is 234 Å². The summed E-state index contributed by atoms with van der Waals surface area (Å²) in [5, 5.41) is 9.55. The van der Waals surface area contributed by atoms with Crippen LogP contribution in [-0.4, -0.2) is 34.1 Å². The third-order valence-corrected chi connectivity index (χ3v) is 8.76. The highest BCUT2D eigenvalue weighted by Crippen LogP contribution is 2.36. The molecule has 0 saturated carbocycles. The highest BCUT2D eigenvalue weighted by Gasteiger charge is 2.33. The van der Waals surface area contributed by atoms with Crippen LogP contribution in [0, 0.1) is 5.82 Å². The molecule has 0 N–H and O–H groups in total. The van der Waals surface area contributed by atoms with Crippen molar-refractivity contribution in [3.63, 3.8) is 0 Å². The van der Waals surface area contributed by atoms with Gasteiger partial charge in [-0.3, -0.25) is 4.79 Å². The minimum atomic E-state index is -0.247. The molecule has 1 amide bonds. The number of hydrogen-bond donors (Lipinski definition) is 0. The van der Waals surface area contributed by atoms with E-state index in [0.29, 0.717) is 13.0 Å². The molecule has 1 atom stereocenters. The summed E-state index contributed by atoms with van der Waals surface area (Å²) in [6.07, 6.45) is 2.72. The predicted octanol–water partition coefficient (Wildman–Crippen LogP) is 7.37. The van der Waals surface area contributed by atoms with Gasteiger partial charge in [0.05, 0.1) is 29.5 Å². The molecule has 5 aromatic rings. The number of hydrogen-bond acceptors (Lipinski definition) is 5. The molecule has 0 radical (unpaired) electrons. The molecular weight excluding hydrogens is 529 g/mol. The van der Waals surface area contributed by atoms with Crippen molar-refractivity contribution in [3.05, 3.63) is 118 Å². The van der Waals surface area contributed by atoms with Crippen molar-refractivity contribution in [2.75, 3.05) is 12.9 Å². The summed E-state index contributed by atoms with van der Waals surface area (Å²) < 4.78 is 21.2. The molecule has 0 aliphatic carbocycles. The van der Waals surface area contributed by atoms with Gasteiger partial charge in [0.15, 0.2) is 0 Å². The molecule has 196 valence electrons. The number of amides is 1. The number of benzene rings is 3. The molecule has 0 saturated heterocycles. The summed E-state index contributed by atoms with van der Waals surface area (Å²) in [4.78, 5) is 15.7. The van der Waals surface area contributed by atoms with E-state index < -0.39 is 0 Å². The lowest BCUT2D eigenvalue weighted by atomic mass is 10.0. The maximum absolute atomic E-state index is 13.8. The molecule has 0 bridgehead atoms. The lowest BCUT2D eigenvalue weighted by Gasteiger charge is -2.22. The predicted molar refractivity (Wildman–Crippen MR) is 156 cm³/mol. The fourth-order valence-corrected chi connectivity index (χ4v) is 6.58. The number of ether oxygens (including phenoxy) is 1. The minimum Gasteiger partial charge on any atom is -0.497 e. The van der Waals surface area contributed by atoms with E-state index in [1.807, 2.05) is 60.0 Å². The second kappa shape index (κ2) is 11.1. The zero-order chi connectivity index (χ0) is 26.8. The monoisotopic (exact) mass is 555 g/mol. The molecule has 39 heavy (non-hydrogen) atoms. The first-order chi connectivity index (χ1) is 19.1. The second-order valence-corrected chi connectivity index (χ2v) is 11.3. The van der Waals surface area contributed by atoms with Crippen molar-refractivity contribution in [1.82, 2.24) is 9.58 Å². The van der Waals surface area contributed by atoms with E-state index in [4.69, 9.17) is 9.84 Å². The summed E-state index contributed by atoms with van der Waals surface area (Å²) in [5.74, 6) is 0.735. The van der Waals surface area contributed by atoms with E-state index in [9.17, 15) is 9.18 Å². The largest absolute Gasteiger partial charge is 0.497 e. The van der Waals surface area contributed by atoms with Crippen LogP contribution in [0.3, 0.4) is 0 Å². The van der Waals surface area contributed by atoms with Gasteiger partial charge in [-0.05, 0) is 52.9 Å². The van der Waals surface area contributed by atoms with Crippen molar-refractivity contribution in [2.24, 2.45) is 5.10 Å². The Balaban J connectivity index is 1.25. The average Bonchev–Trinajstić information content (AvgIpc) is 3.71. The Morgan fingerprint density at radius 2 is 1.92 bits per heavy atom. The van der Waals surface area contributed by atoms with E-state index in [-0.39, 0.29) is 23.5 Å². The van der Waals surface area contributed by atoms with Gasteiger partial charge in [0, 0.05) is 35.0 Å². The summed E-state index contributed by atoms with van der Waals surface area (Å²) in [7, 11) is 1.64. The normalized spacial score (nSPS) is 15.1. The zero-order valence-electron chi connectivity index (χ0n) is 21.3. The van der Waals surface area contributed by atoms with Gasteiger partial charge in [0.25, 0.3) is 5.91 Å². The number of para-hydroxylation sites is 1. The number of aromatic nitrogens is 1. The highest BCUT2D eigenvalue weighted by molar-refractivity contribution is 8.00. The fourth-order valence-electron chi connectivity index (χ4n) is 4.91. The molecule has 3 heterocycles. The van der Waals surface area contributed by atoms with Crippen molar-refractivity contribution in [3.8, 4) is 5.75 Å². The maximum Gasteiger partial charge on any atom is 0.253 e. The number of methoxy groups -OCH3 is 1. The zero-order valence-corrected chi connectivity index (χ0v) is 22.9. The molecule has 2 aromatic heterocycles. The molecule has 3 aromatic carbocycles. The van der Waals surface area contributed by atoms with Crippen LogP contribution in [0.4, 0.5) is 4.39 Å². The van der Waals surface area contributed by atoms with Gasteiger partial charge in [0.2, 0.25) is 0 Å². The third-order valence-electron chi connectivity index (χ3n) is 6.82. The summed E-state index contributed by atoms with van der Waals surface area (Å²) in [6.45, 7) is 0.549. The number of nitrogens with zero attached hydrogens (tertiary/aromatic N) is 3. The molecule has 1 aliphatic heterocycles. The Hall–Kier alpha value is -3.88. The third kappa shape index (κ3) is 5.35. The van der Waals surface area contributed by atoms with E-state index in [1.54, 1.807) is 35.6 Å². The van der Waals surface area contributed by atoms with Crippen LogP contribution in [0.1, 0.15) is 28.5 Å². The number of hydrazone groups is 1. The number of carbonyl (C=O) groups is 1. The van der Waals surface area contributed by atoms with Crippen molar-refractivity contribution in [1.29, 1.82) is 0 Å².